The van der Waals surface area contributed by atoms with Crippen LogP contribution in [0.2, 0.25) is 0 Å². The molecule has 1 saturated carbocycles. The highest BCUT2D eigenvalue weighted by molar-refractivity contribution is 8.18. The van der Waals surface area contributed by atoms with Crippen molar-refractivity contribution in [2.24, 2.45) is 0 Å². The molecule has 44 heavy (non-hydrogen) atoms. The maximum Gasteiger partial charge on any atom is 0.323 e. The number of thiazole rings is 1. The molecule has 11 heteroatoms. The number of hydrogen-bond acceptors (Lipinski definition) is 8. The summed E-state index contributed by atoms with van der Waals surface area (Å²) in [6.07, 6.45) is 5.20. The normalized spacial score (nSPS) is 22.7. The van der Waals surface area contributed by atoms with Crippen LogP contribution in [-0.4, -0.2) is 50.9 Å². The zero-order valence-corrected chi connectivity index (χ0v) is 26.8. The van der Waals surface area contributed by atoms with Crippen LogP contribution in [0.25, 0.3) is 21.8 Å². The Morgan fingerprint density at radius 1 is 1.09 bits per heavy atom. The van der Waals surface area contributed by atoms with Gasteiger partial charge in [-0.3, -0.25) is 19.0 Å². The van der Waals surface area contributed by atoms with E-state index in [4.69, 9.17) is 4.74 Å². The fraction of sp³-hybridized carbons (Fsp3) is 0.303. The van der Waals surface area contributed by atoms with Gasteiger partial charge >= 0.3 is 5.97 Å². The first kappa shape index (κ1) is 29.1. The average molecular weight is 646 g/mol. The van der Waals surface area contributed by atoms with Crippen molar-refractivity contribution in [1.82, 2.24) is 9.47 Å². The molecule has 1 N–H and O–H groups in total. The summed E-state index contributed by atoms with van der Waals surface area (Å²) in [6.45, 7) is 1.82. The minimum Gasteiger partial charge on any atom is -0.497 e. The molecule has 226 valence electrons. The van der Waals surface area contributed by atoms with Gasteiger partial charge in [-0.2, -0.15) is 0 Å². The van der Waals surface area contributed by atoms with E-state index in [-0.39, 0.29) is 10.6 Å². The number of thioether (sulfide) groups is 1. The van der Waals surface area contributed by atoms with Crippen LogP contribution in [0.4, 0.5) is 11.4 Å². The number of carboxylic acids is 1. The van der Waals surface area contributed by atoms with Gasteiger partial charge in [0.25, 0.3) is 11.5 Å². The predicted octanol–water partition coefficient (Wildman–Crippen LogP) is 4.69. The number of methoxy groups -OCH3 is 1. The number of carboxylic acid groups (broad SMARTS) is 1. The van der Waals surface area contributed by atoms with E-state index in [1.54, 1.807) is 12.0 Å². The van der Waals surface area contributed by atoms with E-state index in [0.717, 1.165) is 47.0 Å². The third-order valence-corrected chi connectivity index (χ3v) is 11.7. The van der Waals surface area contributed by atoms with E-state index in [9.17, 15) is 19.5 Å². The Balaban J connectivity index is 1.31. The Bertz CT molecular complexity index is 2020. The number of aromatic nitrogens is 1. The smallest absolute Gasteiger partial charge is 0.323 e. The van der Waals surface area contributed by atoms with Gasteiger partial charge in [-0.25, -0.2) is 0 Å². The summed E-state index contributed by atoms with van der Waals surface area (Å²) in [5, 5.41) is 11.9. The van der Waals surface area contributed by atoms with Gasteiger partial charge in [-0.1, -0.05) is 36.4 Å². The molecule has 7 rings (SSSR count). The van der Waals surface area contributed by atoms with Crippen molar-refractivity contribution >= 4 is 80.7 Å². The molecule has 4 aromatic rings. The molecule has 2 aliphatic heterocycles. The van der Waals surface area contributed by atoms with Crippen molar-refractivity contribution in [2.75, 3.05) is 18.6 Å². The van der Waals surface area contributed by atoms with Crippen molar-refractivity contribution in [3.05, 3.63) is 85.3 Å². The number of aliphatic carboxylic acids is 1. The molecule has 0 bridgehead atoms. The van der Waals surface area contributed by atoms with E-state index in [1.165, 1.54) is 38.9 Å². The average Bonchev–Trinajstić information content (AvgIpc) is 3.75. The fourth-order valence-corrected chi connectivity index (χ4v) is 9.70. The van der Waals surface area contributed by atoms with Crippen LogP contribution in [-0.2, 0) is 16.1 Å². The summed E-state index contributed by atoms with van der Waals surface area (Å²) in [5.41, 5.74) is 4.09. The van der Waals surface area contributed by atoms with Crippen molar-refractivity contribution in [3.8, 4) is 5.75 Å². The lowest BCUT2D eigenvalue weighted by Crippen LogP contribution is -2.35. The molecule has 1 saturated heterocycles. The first-order valence-corrected chi connectivity index (χ1v) is 16.8. The fourth-order valence-electron chi connectivity index (χ4n) is 6.80. The molecule has 0 radical (unpaired) electrons. The molecule has 1 aromatic heterocycles. The highest BCUT2D eigenvalue weighted by Gasteiger charge is 2.42. The van der Waals surface area contributed by atoms with Crippen molar-refractivity contribution in [2.45, 2.75) is 49.4 Å². The lowest BCUT2D eigenvalue weighted by atomic mass is 9.96. The Hall–Kier alpha value is -3.67. The topological polar surface area (TPSA) is 92.1 Å². The highest BCUT2D eigenvalue weighted by Crippen LogP contribution is 2.52. The van der Waals surface area contributed by atoms with Crippen LogP contribution in [0.5, 0.6) is 5.75 Å². The second-order valence-electron chi connectivity index (χ2n) is 11.3. The van der Waals surface area contributed by atoms with Gasteiger partial charge in [0.2, 0.25) is 0 Å². The van der Waals surface area contributed by atoms with E-state index < -0.39 is 18.1 Å². The van der Waals surface area contributed by atoms with Crippen molar-refractivity contribution in [3.63, 3.8) is 0 Å². The van der Waals surface area contributed by atoms with Gasteiger partial charge in [0.1, 0.15) is 26.6 Å². The molecule has 0 spiro atoms. The maximum atomic E-state index is 13.5. The maximum absolute atomic E-state index is 13.5. The number of nitrogens with zero attached hydrogens (tertiary/aromatic N) is 3. The quantitative estimate of drug-likeness (QED) is 0.294. The Kier molecular flexibility index (Phi) is 7.50. The van der Waals surface area contributed by atoms with Gasteiger partial charge < -0.3 is 19.6 Å². The first-order chi connectivity index (χ1) is 21.3. The molecular formula is C33H31N3O5S3. The minimum absolute atomic E-state index is 0.234. The van der Waals surface area contributed by atoms with Gasteiger partial charge in [0.05, 0.1) is 11.6 Å². The number of benzene rings is 3. The van der Waals surface area contributed by atoms with Crippen molar-refractivity contribution in [1.29, 1.82) is 0 Å². The molecule has 3 heterocycles. The second kappa shape index (κ2) is 11.4. The number of anilines is 2. The van der Waals surface area contributed by atoms with E-state index >= 15 is 0 Å². The summed E-state index contributed by atoms with van der Waals surface area (Å²) in [7, 11) is 1.68. The van der Waals surface area contributed by atoms with Gasteiger partial charge in [-0.15, -0.1) is 24.0 Å². The predicted molar refractivity (Wildman–Crippen MR) is 180 cm³/mol. The minimum atomic E-state index is -1.14. The van der Waals surface area contributed by atoms with E-state index in [2.05, 4.69) is 53.9 Å². The van der Waals surface area contributed by atoms with Gasteiger partial charge in [0, 0.05) is 29.9 Å². The van der Waals surface area contributed by atoms with Gasteiger partial charge in [-0.05, 0) is 84.1 Å². The Morgan fingerprint density at radius 3 is 2.64 bits per heavy atom. The SMILES string of the molecule is CCN1C(=O)/C(=c2\s/c(=C/c3ccc4c(c3)C3CCCC3N4c3ccc4cc(OC)ccc4c3)c(=O)n2CC(=O)O)SC1S. The Morgan fingerprint density at radius 2 is 1.89 bits per heavy atom. The summed E-state index contributed by atoms with van der Waals surface area (Å²) in [6, 6.07) is 19.4. The standard InChI is InChI=1S/C33H31N3O5S3/c1-3-34-31(40)29(44-33(34)42)32-35(17-28(37)38)30(39)27(43-32)14-18-7-12-26-24(13-18)23-5-4-6-25(23)36(26)21-10-8-20-16-22(41-2)11-9-19(20)15-21/h7-16,23,25,33,42H,3-6,17H2,1-2H3,(H,37,38)/b27-14+,32-29+. The lowest BCUT2D eigenvalue weighted by molar-refractivity contribution is -0.137. The number of carbonyl (C=O) groups excluding carboxylic acids is 1. The monoisotopic (exact) mass is 645 g/mol. The van der Waals surface area contributed by atoms with Crippen LogP contribution in [0.1, 0.15) is 43.2 Å². The molecule has 8 nitrogen and oxygen atoms in total. The van der Waals surface area contributed by atoms with Crippen LogP contribution >= 0.6 is 35.7 Å². The molecular weight excluding hydrogens is 615 g/mol. The van der Waals surface area contributed by atoms with Crippen LogP contribution in [0, 0.1) is 0 Å². The molecule has 2 fully saturated rings. The number of hydrogen-bond donors (Lipinski definition) is 2. The molecule has 3 aliphatic rings. The first-order valence-electron chi connectivity index (χ1n) is 14.6. The summed E-state index contributed by atoms with van der Waals surface area (Å²) >= 11 is 6.92. The number of amides is 1. The van der Waals surface area contributed by atoms with Gasteiger partial charge in [0.15, 0.2) is 0 Å². The zero-order valence-electron chi connectivity index (χ0n) is 24.2. The third-order valence-electron chi connectivity index (χ3n) is 8.81. The molecule has 1 amide bonds. The Labute approximate surface area is 267 Å². The van der Waals surface area contributed by atoms with E-state index in [1.807, 2.05) is 31.2 Å². The van der Waals surface area contributed by atoms with E-state index in [0.29, 0.717) is 32.6 Å². The third kappa shape index (κ3) is 4.81. The van der Waals surface area contributed by atoms with Crippen LogP contribution < -0.4 is 24.4 Å². The number of carbonyl (C=O) groups is 2. The molecule has 1 aliphatic carbocycles. The number of fused-ring (bicyclic) bond motifs is 4. The summed E-state index contributed by atoms with van der Waals surface area (Å²) < 4.78 is 6.99. The highest BCUT2D eigenvalue weighted by atomic mass is 32.2. The summed E-state index contributed by atoms with van der Waals surface area (Å²) in [4.78, 5) is 42.7. The second-order valence-corrected chi connectivity index (χ2v) is 14.2. The molecule has 3 unspecified atom stereocenters. The lowest BCUT2D eigenvalue weighted by Gasteiger charge is -2.27. The van der Waals surface area contributed by atoms with Crippen LogP contribution in [0.3, 0.4) is 0 Å². The van der Waals surface area contributed by atoms with Crippen molar-refractivity contribution < 1.29 is 19.4 Å². The largest absolute Gasteiger partial charge is 0.497 e. The summed E-state index contributed by atoms with van der Waals surface area (Å²) in [5.74, 6) is -0.142. The zero-order chi connectivity index (χ0) is 30.7. The van der Waals surface area contributed by atoms with Crippen LogP contribution in [0.15, 0.2) is 59.4 Å². The number of rotatable bonds is 6. The molecule has 3 aromatic carbocycles. The molecule has 3 atom stereocenters. The number of ether oxygens (including phenoxy) is 1. The number of thiol groups is 1.